The van der Waals surface area contributed by atoms with Gasteiger partial charge in [0.2, 0.25) is 0 Å². The van der Waals surface area contributed by atoms with Crippen LogP contribution in [0.2, 0.25) is 0 Å². The first-order valence-electron chi connectivity index (χ1n) is 5.57. The molecule has 6 heteroatoms. The fourth-order valence-electron chi connectivity index (χ4n) is 2.11. The number of hydrogen-bond acceptors (Lipinski definition) is 6. The van der Waals surface area contributed by atoms with E-state index in [-0.39, 0.29) is 12.1 Å². The first-order valence-corrected chi connectivity index (χ1v) is 6.44. The van der Waals surface area contributed by atoms with Gasteiger partial charge in [-0.15, -0.1) is 11.3 Å². The van der Waals surface area contributed by atoms with Crippen molar-refractivity contribution >= 4 is 27.4 Å². The zero-order chi connectivity index (χ0) is 11.7. The maximum atomic E-state index is 5.42. The second-order valence-electron chi connectivity index (χ2n) is 4.04. The van der Waals surface area contributed by atoms with Gasteiger partial charge >= 0.3 is 0 Å². The molecule has 2 aromatic rings. The summed E-state index contributed by atoms with van der Waals surface area (Å²) in [6.45, 7) is 1.78. The predicted molar refractivity (Wildman–Crippen MR) is 68.5 cm³/mol. The standard InChI is InChI=1S/C11H14N4OS/c1-16-9-5-12-4-8(9)15-11-10-7(2-3-17-10)13-6-14-11/h2-3,6,8-9,12H,4-5H2,1H3,(H,13,14,15)/t8?,9-/m1/s1. The molecule has 1 unspecified atom stereocenters. The third-order valence-corrected chi connectivity index (χ3v) is 3.94. The van der Waals surface area contributed by atoms with Crippen LogP contribution in [-0.2, 0) is 4.74 Å². The zero-order valence-corrected chi connectivity index (χ0v) is 10.3. The van der Waals surface area contributed by atoms with Crippen LogP contribution < -0.4 is 10.6 Å². The zero-order valence-electron chi connectivity index (χ0n) is 9.51. The van der Waals surface area contributed by atoms with Gasteiger partial charge in [-0.25, -0.2) is 9.97 Å². The van der Waals surface area contributed by atoms with E-state index in [9.17, 15) is 0 Å². The van der Waals surface area contributed by atoms with E-state index in [0.717, 1.165) is 29.1 Å². The molecular formula is C11H14N4OS. The second-order valence-corrected chi connectivity index (χ2v) is 4.96. The van der Waals surface area contributed by atoms with E-state index < -0.39 is 0 Å². The summed E-state index contributed by atoms with van der Waals surface area (Å²) in [4.78, 5) is 8.54. The van der Waals surface area contributed by atoms with Gasteiger partial charge in [0.15, 0.2) is 0 Å². The van der Waals surface area contributed by atoms with Crippen LogP contribution in [0.15, 0.2) is 17.8 Å². The van der Waals surface area contributed by atoms with E-state index in [1.165, 1.54) is 0 Å². The number of nitrogens with zero attached hydrogens (tertiary/aromatic N) is 2. The van der Waals surface area contributed by atoms with Gasteiger partial charge in [0, 0.05) is 20.2 Å². The molecule has 2 atom stereocenters. The van der Waals surface area contributed by atoms with E-state index in [1.807, 2.05) is 11.4 Å². The topological polar surface area (TPSA) is 59.1 Å². The lowest BCUT2D eigenvalue weighted by Crippen LogP contribution is -2.33. The van der Waals surface area contributed by atoms with Crippen molar-refractivity contribution in [1.82, 2.24) is 15.3 Å². The number of ether oxygens (including phenoxy) is 1. The van der Waals surface area contributed by atoms with Gasteiger partial charge in [-0.05, 0) is 11.4 Å². The van der Waals surface area contributed by atoms with Crippen LogP contribution >= 0.6 is 11.3 Å². The quantitative estimate of drug-likeness (QED) is 0.854. The largest absolute Gasteiger partial charge is 0.378 e. The Balaban J connectivity index is 1.87. The molecule has 5 nitrogen and oxygen atoms in total. The van der Waals surface area contributed by atoms with Crippen LogP contribution in [0.3, 0.4) is 0 Å². The Hall–Kier alpha value is -1.24. The highest BCUT2D eigenvalue weighted by Gasteiger charge is 2.27. The smallest absolute Gasteiger partial charge is 0.147 e. The molecule has 0 bridgehead atoms. The van der Waals surface area contributed by atoms with E-state index in [4.69, 9.17) is 4.74 Å². The van der Waals surface area contributed by atoms with Crippen LogP contribution in [0.25, 0.3) is 10.2 Å². The van der Waals surface area contributed by atoms with E-state index in [0.29, 0.717) is 0 Å². The van der Waals surface area contributed by atoms with Gasteiger partial charge in [0.1, 0.15) is 12.1 Å². The van der Waals surface area contributed by atoms with Crippen molar-refractivity contribution < 1.29 is 4.74 Å². The van der Waals surface area contributed by atoms with Crippen LogP contribution in [-0.4, -0.2) is 42.3 Å². The lowest BCUT2D eigenvalue weighted by Gasteiger charge is -2.19. The van der Waals surface area contributed by atoms with E-state index in [1.54, 1.807) is 24.8 Å². The molecule has 3 heterocycles. The molecule has 17 heavy (non-hydrogen) atoms. The SMILES string of the molecule is CO[C@@H]1CNCC1Nc1ncnc2ccsc12. The first-order chi connectivity index (χ1) is 8.38. The summed E-state index contributed by atoms with van der Waals surface area (Å²) >= 11 is 1.66. The fourth-order valence-corrected chi connectivity index (χ4v) is 2.91. The van der Waals surface area contributed by atoms with Gasteiger partial charge in [-0.3, -0.25) is 0 Å². The summed E-state index contributed by atoms with van der Waals surface area (Å²) < 4.78 is 6.53. The van der Waals surface area contributed by atoms with Gasteiger partial charge in [0.05, 0.1) is 22.4 Å². The lowest BCUT2D eigenvalue weighted by atomic mass is 10.2. The highest BCUT2D eigenvalue weighted by atomic mass is 32.1. The molecule has 0 amide bonds. The molecule has 0 radical (unpaired) electrons. The summed E-state index contributed by atoms with van der Waals surface area (Å²) in [5.41, 5.74) is 0.993. The second kappa shape index (κ2) is 4.56. The molecule has 1 aliphatic heterocycles. The maximum Gasteiger partial charge on any atom is 0.147 e. The monoisotopic (exact) mass is 250 g/mol. The van der Waals surface area contributed by atoms with Crippen LogP contribution in [0.5, 0.6) is 0 Å². The Morgan fingerprint density at radius 3 is 3.29 bits per heavy atom. The van der Waals surface area contributed by atoms with Crippen LogP contribution in [0, 0.1) is 0 Å². The fraction of sp³-hybridized carbons (Fsp3) is 0.455. The molecule has 3 rings (SSSR count). The number of thiophene rings is 1. The van der Waals surface area contributed by atoms with Crippen molar-refractivity contribution in [2.45, 2.75) is 12.1 Å². The summed E-state index contributed by atoms with van der Waals surface area (Å²) in [5.74, 6) is 0.903. The van der Waals surface area contributed by atoms with Gasteiger partial charge in [0.25, 0.3) is 0 Å². The normalized spacial score (nSPS) is 24.3. The average molecular weight is 250 g/mol. The van der Waals surface area contributed by atoms with Crippen molar-refractivity contribution in [3.05, 3.63) is 17.8 Å². The molecule has 90 valence electrons. The molecule has 2 aromatic heterocycles. The molecule has 1 saturated heterocycles. The van der Waals surface area contributed by atoms with Crippen molar-refractivity contribution in [2.24, 2.45) is 0 Å². The molecule has 0 aromatic carbocycles. The third-order valence-electron chi connectivity index (χ3n) is 3.03. The number of aromatic nitrogens is 2. The Morgan fingerprint density at radius 2 is 2.41 bits per heavy atom. The number of hydrogen-bond donors (Lipinski definition) is 2. The van der Waals surface area contributed by atoms with Crippen molar-refractivity contribution in [1.29, 1.82) is 0 Å². The lowest BCUT2D eigenvalue weighted by molar-refractivity contribution is 0.111. The Bertz CT molecular complexity index is 515. The third kappa shape index (κ3) is 1.99. The van der Waals surface area contributed by atoms with Gasteiger partial charge in [-0.2, -0.15) is 0 Å². The summed E-state index contributed by atoms with van der Waals surface area (Å²) in [5, 5.41) is 8.78. The molecule has 0 saturated carbocycles. The summed E-state index contributed by atoms with van der Waals surface area (Å²) in [6, 6.07) is 2.27. The Morgan fingerprint density at radius 1 is 1.47 bits per heavy atom. The van der Waals surface area contributed by atoms with Crippen LogP contribution in [0.1, 0.15) is 0 Å². The molecule has 0 spiro atoms. The number of anilines is 1. The number of nitrogens with one attached hydrogen (secondary N) is 2. The maximum absolute atomic E-state index is 5.42. The number of fused-ring (bicyclic) bond motifs is 1. The molecule has 1 aliphatic rings. The van der Waals surface area contributed by atoms with E-state index >= 15 is 0 Å². The van der Waals surface area contributed by atoms with Gasteiger partial charge in [-0.1, -0.05) is 0 Å². The molecular weight excluding hydrogens is 236 g/mol. The minimum atomic E-state index is 0.194. The van der Waals surface area contributed by atoms with Crippen LogP contribution in [0.4, 0.5) is 5.82 Å². The highest BCUT2D eigenvalue weighted by molar-refractivity contribution is 7.17. The van der Waals surface area contributed by atoms with Crippen molar-refractivity contribution in [3.8, 4) is 0 Å². The number of methoxy groups -OCH3 is 1. The minimum Gasteiger partial charge on any atom is -0.378 e. The molecule has 2 N–H and O–H groups in total. The average Bonchev–Trinajstić information content (AvgIpc) is 2.97. The Labute approximate surface area is 103 Å². The minimum absolute atomic E-state index is 0.194. The molecule has 1 fully saturated rings. The van der Waals surface area contributed by atoms with Gasteiger partial charge < -0.3 is 15.4 Å². The highest BCUT2D eigenvalue weighted by Crippen LogP contribution is 2.26. The number of rotatable bonds is 3. The Kier molecular flexibility index (Phi) is 2.92. The van der Waals surface area contributed by atoms with E-state index in [2.05, 4.69) is 20.6 Å². The first kappa shape index (κ1) is 10.9. The van der Waals surface area contributed by atoms with Crippen molar-refractivity contribution in [2.75, 3.05) is 25.5 Å². The van der Waals surface area contributed by atoms with Crippen molar-refractivity contribution in [3.63, 3.8) is 0 Å². The summed E-state index contributed by atoms with van der Waals surface area (Å²) in [6.07, 6.45) is 1.79. The predicted octanol–water partition coefficient (Wildman–Crippen LogP) is 1.09. The summed E-state index contributed by atoms with van der Waals surface area (Å²) in [7, 11) is 1.74. The molecule has 0 aliphatic carbocycles.